The molecule has 0 aliphatic carbocycles. The van der Waals surface area contributed by atoms with E-state index >= 15 is 0 Å². The molecule has 5 nitrogen and oxygen atoms in total. The number of aliphatic hydroxyl groups is 1. The molecule has 0 fully saturated rings. The minimum atomic E-state index is -0.642. The van der Waals surface area contributed by atoms with Gasteiger partial charge >= 0.3 is 0 Å². The highest BCUT2D eigenvalue weighted by atomic mass is 35.5. The minimum absolute atomic E-state index is 0.0638. The highest BCUT2D eigenvalue weighted by Gasteiger charge is 2.06. The third-order valence-corrected chi connectivity index (χ3v) is 2.98. The summed E-state index contributed by atoms with van der Waals surface area (Å²) < 4.78 is 5.41. The summed E-state index contributed by atoms with van der Waals surface area (Å²) >= 11 is 5.79. The average Bonchev–Trinajstić information content (AvgIpc) is 2.47. The number of nitrogens with one attached hydrogen (secondary N) is 2. The maximum atomic E-state index is 11.3. The number of halogens is 1. The maximum Gasteiger partial charge on any atom is 0.233 e. The number of amides is 1. The molecule has 1 unspecified atom stereocenters. The average molecular weight is 315 g/mol. The van der Waals surface area contributed by atoms with Crippen LogP contribution in [0.2, 0.25) is 5.02 Å². The summed E-state index contributed by atoms with van der Waals surface area (Å²) in [7, 11) is 0. The van der Waals surface area contributed by atoms with E-state index in [9.17, 15) is 9.90 Å². The van der Waals surface area contributed by atoms with Gasteiger partial charge in [-0.2, -0.15) is 0 Å². The molecule has 0 aliphatic rings. The van der Waals surface area contributed by atoms with Crippen LogP contribution in [0, 0.1) is 0 Å². The van der Waals surface area contributed by atoms with E-state index in [0.29, 0.717) is 24.7 Å². The van der Waals surface area contributed by atoms with Crippen molar-refractivity contribution in [1.29, 1.82) is 0 Å². The van der Waals surface area contributed by atoms with Gasteiger partial charge in [0.1, 0.15) is 0 Å². The summed E-state index contributed by atoms with van der Waals surface area (Å²) in [4.78, 5) is 11.3. The molecule has 1 rings (SSSR count). The van der Waals surface area contributed by atoms with Gasteiger partial charge < -0.3 is 20.5 Å². The second-order valence-electron chi connectivity index (χ2n) is 4.78. The van der Waals surface area contributed by atoms with Gasteiger partial charge in [-0.25, -0.2) is 0 Å². The van der Waals surface area contributed by atoms with Crippen molar-refractivity contribution >= 4 is 17.5 Å². The number of carbonyl (C=O) groups excluding carboxylic acids is 1. The third-order valence-electron chi connectivity index (χ3n) is 2.73. The smallest absolute Gasteiger partial charge is 0.233 e. The summed E-state index contributed by atoms with van der Waals surface area (Å²) in [6.07, 6.45) is 0.267. The molecule has 0 bridgehead atoms. The molecule has 0 aliphatic heterocycles. The zero-order valence-corrected chi connectivity index (χ0v) is 13.0. The van der Waals surface area contributed by atoms with Crippen molar-refractivity contribution in [1.82, 2.24) is 10.6 Å². The van der Waals surface area contributed by atoms with Crippen molar-refractivity contribution in [2.24, 2.45) is 0 Å². The number of hydrogen-bond acceptors (Lipinski definition) is 4. The molecule has 3 N–H and O–H groups in total. The van der Waals surface area contributed by atoms with Crippen LogP contribution in [-0.2, 0) is 16.1 Å². The molecule has 0 saturated carbocycles. The normalized spacial score (nSPS) is 12.1. The van der Waals surface area contributed by atoms with E-state index in [1.807, 2.05) is 19.1 Å². The lowest BCUT2D eigenvalue weighted by atomic mass is 10.2. The Labute approximate surface area is 130 Å². The predicted molar refractivity (Wildman–Crippen MR) is 83.3 cm³/mol. The molecule has 0 spiro atoms. The molecule has 1 aromatic rings. The molecule has 1 aromatic carbocycles. The first-order chi connectivity index (χ1) is 10.1. The second-order valence-corrected chi connectivity index (χ2v) is 5.21. The first-order valence-corrected chi connectivity index (χ1v) is 7.47. The Hall–Kier alpha value is -1.14. The van der Waals surface area contributed by atoms with Crippen molar-refractivity contribution in [2.45, 2.75) is 26.1 Å². The van der Waals surface area contributed by atoms with Crippen LogP contribution in [0.1, 0.15) is 18.9 Å². The van der Waals surface area contributed by atoms with E-state index in [-0.39, 0.29) is 19.1 Å². The Kier molecular flexibility index (Phi) is 9.01. The van der Waals surface area contributed by atoms with E-state index < -0.39 is 6.10 Å². The van der Waals surface area contributed by atoms with Crippen LogP contribution in [-0.4, -0.2) is 43.4 Å². The molecule has 0 heterocycles. The Morgan fingerprint density at radius 2 is 2.10 bits per heavy atom. The highest BCUT2D eigenvalue weighted by molar-refractivity contribution is 6.30. The Morgan fingerprint density at radius 3 is 2.76 bits per heavy atom. The molecule has 1 amide bonds. The second kappa shape index (κ2) is 10.6. The maximum absolute atomic E-state index is 11.3. The summed E-state index contributed by atoms with van der Waals surface area (Å²) in [5.74, 6) is -0.0638. The lowest BCUT2D eigenvalue weighted by Crippen LogP contribution is -2.38. The molecule has 0 radical (unpaired) electrons. The first kappa shape index (κ1) is 17.9. The molecular weight excluding hydrogens is 292 g/mol. The summed E-state index contributed by atoms with van der Waals surface area (Å²) in [6.45, 7) is 3.83. The first-order valence-electron chi connectivity index (χ1n) is 7.09. The van der Waals surface area contributed by atoms with E-state index in [1.54, 1.807) is 12.1 Å². The highest BCUT2D eigenvalue weighted by Crippen LogP contribution is 2.10. The number of ether oxygens (including phenoxy) is 1. The quantitative estimate of drug-likeness (QED) is 0.609. The summed E-state index contributed by atoms with van der Waals surface area (Å²) in [5, 5.41) is 16.0. The van der Waals surface area contributed by atoms with Crippen LogP contribution in [0.15, 0.2) is 24.3 Å². The van der Waals surface area contributed by atoms with E-state index in [4.69, 9.17) is 16.3 Å². The van der Waals surface area contributed by atoms with Gasteiger partial charge in [0, 0.05) is 18.1 Å². The topological polar surface area (TPSA) is 70.6 Å². The van der Waals surface area contributed by atoms with Crippen LogP contribution >= 0.6 is 11.6 Å². The van der Waals surface area contributed by atoms with E-state index in [0.717, 1.165) is 12.0 Å². The standard InChI is InChI=1S/C15H23ClN2O3/c1-2-7-18-15(20)9-17-8-14(19)11-21-10-12-3-5-13(16)6-4-12/h3-6,14,17,19H,2,7-11H2,1H3,(H,18,20). The summed E-state index contributed by atoms with van der Waals surface area (Å²) in [6, 6.07) is 7.36. The van der Waals surface area contributed by atoms with Crippen LogP contribution in [0.3, 0.4) is 0 Å². The van der Waals surface area contributed by atoms with Gasteiger partial charge in [0.05, 0.1) is 25.9 Å². The van der Waals surface area contributed by atoms with Crippen LogP contribution in [0.25, 0.3) is 0 Å². The third kappa shape index (κ3) is 8.67. The van der Waals surface area contributed by atoms with Crippen LogP contribution in [0.4, 0.5) is 0 Å². The van der Waals surface area contributed by atoms with E-state index in [1.165, 1.54) is 0 Å². The lowest BCUT2D eigenvalue weighted by molar-refractivity contribution is -0.120. The number of aliphatic hydroxyl groups excluding tert-OH is 1. The van der Waals surface area contributed by atoms with Gasteiger partial charge in [0.2, 0.25) is 5.91 Å². The molecular formula is C15H23ClN2O3. The Balaban J connectivity index is 2.07. The van der Waals surface area contributed by atoms with Crippen LogP contribution in [0.5, 0.6) is 0 Å². The SMILES string of the molecule is CCCNC(=O)CNCC(O)COCc1ccc(Cl)cc1. The van der Waals surface area contributed by atoms with Gasteiger partial charge in [0.25, 0.3) is 0 Å². The fraction of sp³-hybridized carbons (Fsp3) is 0.533. The number of carbonyl (C=O) groups is 1. The zero-order chi connectivity index (χ0) is 15.5. The van der Waals surface area contributed by atoms with Gasteiger partial charge in [-0.3, -0.25) is 4.79 Å². The van der Waals surface area contributed by atoms with E-state index in [2.05, 4.69) is 10.6 Å². The number of hydrogen-bond donors (Lipinski definition) is 3. The van der Waals surface area contributed by atoms with Crippen molar-refractivity contribution in [3.63, 3.8) is 0 Å². The van der Waals surface area contributed by atoms with Gasteiger partial charge in [-0.1, -0.05) is 30.7 Å². The number of benzene rings is 1. The summed E-state index contributed by atoms with van der Waals surface area (Å²) in [5.41, 5.74) is 0.999. The van der Waals surface area contributed by atoms with Gasteiger partial charge in [-0.15, -0.1) is 0 Å². The molecule has 118 valence electrons. The molecule has 0 aromatic heterocycles. The van der Waals surface area contributed by atoms with Crippen molar-refractivity contribution in [3.8, 4) is 0 Å². The van der Waals surface area contributed by atoms with Crippen molar-refractivity contribution < 1.29 is 14.6 Å². The molecule has 1 atom stereocenters. The zero-order valence-electron chi connectivity index (χ0n) is 12.3. The molecule has 0 saturated heterocycles. The Bertz CT molecular complexity index is 412. The number of rotatable bonds is 10. The fourth-order valence-corrected chi connectivity index (χ4v) is 1.76. The molecule has 21 heavy (non-hydrogen) atoms. The van der Waals surface area contributed by atoms with Crippen molar-refractivity contribution in [3.05, 3.63) is 34.9 Å². The lowest BCUT2D eigenvalue weighted by Gasteiger charge is -2.12. The Morgan fingerprint density at radius 1 is 1.38 bits per heavy atom. The van der Waals surface area contributed by atoms with Crippen molar-refractivity contribution in [2.75, 3.05) is 26.2 Å². The molecule has 6 heteroatoms. The van der Waals surface area contributed by atoms with Gasteiger partial charge in [-0.05, 0) is 24.1 Å². The largest absolute Gasteiger partial charge is 0.389 e. The fourth-order valence-electron chi connectivity index (χ4n) is 1.63. The van der Waals surface area contributed by atoms with Gasteiger partial charge in [0.15, 0.2) is 0 Å². The predicted octanol–water partition coefficient (Wildman–Crippen LogP) is 1.33. The monoisotopic (exact) mass is 314 g/mol. The minimum Gasteiger partial charge on any atom is -0.389 e. The van der Waals surface area contributed by atoms with Crippen LogP contribution < -0.4 is 10.6 Å².